The predicted molar refractivity (Wildman–Crippen MR) is 57.5 cm³/mol. The summed E-state index contributed by atoms with van der Waals surface area (Å²) in [6.07, 6.45) is 0. The Morgan fingerprint density at radius 2 is 2.23 bits per heavy atom. The molecule has 0 fully saturated rings. The quantitative estimate of drug-likeness (QED) is 0.718. The van der Waals surface area contributed by atoms with Crippen molar-refractivity contribution in [2.75, 3.05) is 0 Å². The lowest BCUT2D eigenvalue weighted by molar-refractivity contribution is -0.116. The molecule has 1 aromatic rings. The van der Waals surface area contributed by atoms with E-state index in [0.717, 1.165) is 4.90 Å². The smallest absolute Gasteiger partial charge is 0.142 e. The molecule has 1 nitrogen and oxygen atoms in total. The van der Waals surface area contributed by atoms with Gasteiger partial charge in [0, 0.05) is 9.92 Å². The number of carbonyl (C=O) groups is 1. The second-order valence-corrected chi connectivity index (χ2v) is 4.68. The molecule has 0 saturated heterocycles. The number of benzene rings is 1. The van der Waals surface area contributed by atoms with Gasteiger partial charge in [0.1, 0.15) is 5.78 Å². The molecule has 0 aliphatic carbocycles. The highest BCUT2D eigenvalue weighted by Gasteiger charge is 2.08. The van der Waals surface area contributed by atoms with Crippen LogP contribution in [-0.2, 0) is 4.79 Å². The van der Waals surface area contributed by atoms with E-state index in [9.17, 15) is 4.79 Å². The van der Waals surface area contributed by atoms with E-state index in [1.165, 1.54) is 11.8 Å². The van der Waals surface area contributed by atoms with Crippen molar-refractivity contribution in [3.8, 4) is 0 Å². The summed E-state index contributed by atoms with van der Waals surface area (Å²) in [5.41, 5.74) is 0. The van der Waals surface area contributed by atoms with Crippen molar-refractivity contribution in [1.82, 2.24) is 0 Å². The molecule has 0 unspecified atom stereocenters. The maximum Gasteiger partial charge on any atom is 0.142 e. The first-order valence-electron chi connectivity index (χ1n) is 4.02. The van der Waals surface area contributed by atoms with Crippen LogP contribution in [0.25, 0.3) is 0 Å². The lowest BCUT2D eigenvalue weighted by Crippen LogP contribution is -2.07. The molecule has 3 heteroatoms. The number of carbonyl (C=O) groups excluding carboxylic acids is 1. The zero-order valence-electron chi connectivity index (χ0n) is 7.58. The molecular formula is C10H11ClOS. The SMILES string of the molecule is CC(=O)[C@@H](C)Sc1cccc(Cl)c1. The van der Waals surface area contributed by atoms with Gasteiger partial charge < -0.3 is 0 Å². The van der Waals surface area contributed by atoms with Gasteiger partial charge in [0.25, 0.3) is 0 Å². The third kappa shape index (κ3) is 3.41. The van der Waals surface area contributed by atoms with E-state index in [2.05, 4.69) is 0 Å². The van der Waals surface area contributed by atoms with Gasteiger partial charge in [-0.1, -0.05) is 17.7 Å². The summed E-state index contributed by atoms with van der Waals surface area (Å²) < 4.78 is 0. The minimum absolute atomic E-state index is 0.00142. The largest absolute Gasteiger partial charge is 0.299 e. The molecule has 13 heavy (non-hydrogen) atoms. The van der Waals surface area contributed by atoms with Gasteiger partial charge in [0.2, 0.25) is 0 Å². The zero-order chi connectivity index (χ0) is 9.84. The summed E-state index contributed by atoms with van der Waals surface area (Å²) in [4.78, 5) is 12.0. The van der Waals surface area contributed by atoms with E-state index in [1.807, 2.05) is 31.2 Å². The fraction of sp³-hybridized carbons (Fsp3) is 0.300. The Hall–Kier alpha value is -0.470. The Morgan fingerprint density at radius 1 is 1.54 bits per heavy atom. The number of Topliss-reactive ketones (excluding diaryl/α,β-unsaturated/α-hetero) is 1. The van der Waals surface area contributed by atoms with Gasteiger partial charge in [-0.05, 0) is 32.0 Å². The summed E-state index contributed by atoms with van der Waals surface area (Å²) in [7, 11) is 0. The number of halogens is 1. The molecule has 0 radical (unpaired) electrons. The number of hydrogen-bond donors (Lipinski definition) is 0. The molecule has 0 heterocycles. The van der Waals surface area contributed by atoms with E-state index >= 15 is 0 Å². The van der Waals surface area contributed by atoms with E-state index in [1.54, 1.807) is 6.92 Å². The standard InChI is InChI=1S/C10H11ClOS/c1-7(12)8(2)13-10-5-3-4-9(11)6-10/h3-6,8H,1-2H3/t8-/m1/s1. The van der Waals surface area contributed by atoms with Crippen LogP contribution in [0.3, 0.4) is 0 Å². The first-order valence-corrected chi connectivity index (χ1v) is 5.28. The van der Waals surface area contributed by atoms with Gasteiger partial charge in [-0.25, -0.2) is 0 Å². The molecular weight excluding hydrogens is 204 g/mol. The number of rotatable bonds is 3. The Kier molecular flexibility index (Phi) is 3.82. The van der Waals surface area contributed by atoms with Crippen LogP contribution in [0, 0.1) is 0 Å². The summed E-state index contributed by atoms with van der Waals surface area (Å²) in [5.74, 6) is 0.185. The van der Waals surface area contributed by atoms with Crippen LogP contribution in [0.2, 0.25) is 5.02 Å². The highest BCUT2D eigenvalue weighted by Crippen LogP contribution is 2.25. The van der Waals surface area contributed by atoms with Gasteiger partial charge in [0.05, 0.1) is 5.25 Å². The highest BCUT2D eigenvalue weighted by atomic mass is 35.5. The molecule has 0 N–H and O–H groups in total. The molecule has 0 aromatic heterocycles. The molecule has 0 saturated carbocycles. The van der Waals surface area contributed by atoms with Crippen LogP contribution in [-0.4, -0.2) is 11.0 Å². The first-order chi connectivity index (χ1) is 6.09. The molecule has 0 aliphatic heterocycles. The van der Waals surface area contributed by atoms with Gasteiger partial charge in [0.15, 0.2) is 0 Å². The monoisotopic (exact) mass is 214 g/mol. The van der Waals surface area contributed by atoms with Crippen molar-refractivity contribution in [2.45, 2.75) is 24.0 Å². The van der Waals surface area contributed by atoms with Crippen LogP contribution in [0.5, 0.6) is 0 Å². The lowest BCUT2D eigenvalue weighted by Gasteiger charge is -2.06. The molecule has 1 atom stereocenters. The van der Waals surface area contributed by atoms with Crippen molar-refractivity contribution < 1.29 is 4.79 Å². The van der Waals surface area contributed by atoms with Crippen molar-refractivity contribution in [2.24, 2.45) is 0 Å². The minimum Gasteiger partial charge on any atom is -0.299 e. The third-order valence-electron chi connectivity index (χ3n) is 1.68. The normalized spacial score (nSPS) is 12.5. The van der Waals surface area contributed by atoms with E-state index < -0.39 is 0 Å². The Labute approximate surface area is 87.5 Å². The fourth-order valence-electron chi connectivity index (χ4n) is 0.827. The van der Waals surface area contributed by atoms with Crippen molar-refractivity contribution in [3.05, 3.63) is 29.3 Å². The van der Waals surface area contributed by atoms with Crippen LogP contribution < -0.4 is 0 Å². The average Bonchev–Trinajstić information content (AvgIpc) is 2.04. The highest BCUT2D eigenvalue weighted by molar-refractivity contribution is 8.00. The van der Waals surface area contributed by atoms with Crippen LogP contribution in [0.1, 0.15) is 13.8 Å². The third-order valence-corrected chi connectivity index (χ3v) is 3.13. The topological polar surface area (TPSA) is 17.1 Å². The summed E-state index contributed by atoms with van der Waals surface area (Å²) in [5, 5.41) is 0.708. The molecule has 70 valence electrons. The summed E-state index contributed by atoms with van der Waals surface area (Å²) in [6, 6.07) is 7.53. The second-order valence-electron chi connectivity index (χ2n) is 2.83. The number of thioether (sulfide) groups is 1. The van der Waals surface area contributed by atoms with Crippen molar-refractivity contribution >= 4 is 29.1 Å². The van der Waals surface area contributed by atoms with Crippen LogP contribution in [0.4, 0.5) is 0 Å². The lowest BCUT2D eigenvalue weighted by atomic mass is 10.3. The Balaban J connectivity index is 2.69. The molecule has 1 rings (SSSR count). The van der Waals surface area contributed by atoms with E-state index in [0.29, 0.717) is 5.02 Å². The van der Waals surface area contributed by atoms with Crippen molar-refractivity contribution in [1.29, 1.82) is 0 Å². The van der Waals surface area contributed by atoms with Crippen LogP contribution in [0.15, 0.2) is 29.2 Å². The molecule has 0 spiro atoms. The Morgan fingerprint density at radius 3 is 2.77 bits per heavy atom. The van der Waals surface area contributed by atoms with Crippen LogP contribution >= 0.6 is 23.4 Å². The number of hydrogen-bond acceptors (Lipinski definition) is 2. The number of ketones is 1. The molecule has 0 bridgehead atoms. The minimum atomic E-state index is -0.00142. The average molecular weight is 215 g/mol. The van der Waals surface area contributed by atoms with Crippen molar-refractivity contribution in [3.63, 3.8) is 0 Å². The fourth-order valence-corrected chi connectivity index (χ4v) is 2.01. The molecule has 0 amide bonds. The maximum absolute atomic E-state index is 11.0. The van der Waals surface area contributed by atoms with Gasteiger partial charge in [-0.15, -0.1) is 11.8 Å². The second kappa shape index (κ2) is 4.68. The predicted octanol–water partition coefficient (Wildman–Crippen LogP) is 3.41. The van der Waals surface area contributed by atoms with Gasteiger partial charge >= 0.3 is 0 Å². The summed E-state index contributed by atoms with van der Waals surface area (Å²) in [6.45, 7) is 3.50. The summed E-state index contributed by atoms with van der Waals surface area (Å²) >= 11 is 7.34. The molecule has 0 aliphatic rings. The first kappa shape index (κ1) is 10.6. The molecule has 1 aromatic carbocycles. The van der Waals surface area contributed by atoms with E-state index in [4.69, 9.17) is 11.6 Å². The maximum atomic E-state index is 11.0. The van der Waals surface area contributed by atoms with Gasteiger partial charge in [-0.3, -0.25) is 4.79 Å². The zero-order valence-corrected chi connectivity index (χ0v) is 9.15. The van der Waals surface area contributed by atoms with Gasteiger partial charge in [-0.2, -0.15) is 0 Å². The Bertz CT molecular complexity index is 312. The van der Waals surface area contributed by atoms with E-state index in [-0.39, 0.29) is 11.0 Å².